The highest BCUT2D eigenvalue weighted by atomic mass is 32.4. The fourth-order valence-corrected chi connectivity index (χ4v) is 20.5. The summed E-state index contributed by atoms with van der Waals surface area (Å²) < 4.78 is 17.7. The van der Waals surface area contributed by atoms with Crippen molar-refractivity contribution in [1.82, 2.24) is 25.8 Å². The second kappa shape index (κ2) is 9.05. The first-order valence-corrected chi connectivity index (χ1v) is 15.3. The summed E-state index contributed by atoms with van der Waals surface area (Å²) in [5.74, 6) is 0. The lowest BCUT2D eigenvalue weighted by Gasteiger charge is -3.03. The minimum absolute atomic E-state index is 0.507. The number of hydrogen-bond acceptors (Lipinski definition) is 6. The van der Waals surface area contributed by atoms with Crippen LogP contribution in [-0.4, -0.2) is 103 Å². The van der Waals surface area contributed by atoms with Crippen LogP contribution in [0, 0.1) is 0 Å². The molecule has 1 spiro atoms. The van der Waals surface area contributed by atoms with Gasteiger partial charge in [-0.1, -0.05) is 41.5 Å². The molecule has 0 radical (unpaired) electrons. The molecule has 2 saturated heterocycles. The Labute approximate surface area is 194 Å². The second-order valence-electron chi connectivity index (χ2n) is 9.91. The van der Waals surface area contributed by atoms with Crippen molar-refractivity contribution < 1.29 is 0 Å². The maximum Gasteiger partial charge on any atom is 0.0214 e. The quantitative estimate of drug-likeness (QED) is 0.509. The SMILES string of the molecule is CCN(C)S12(N(C)CC)(N(CC)[C@H](C)C[C@H](C)N1CC)N(CC)[C@H](C)C[C@H](C)N2CC. The molecule has 31 heavy (non-hydrogen) atoms. The molecule has 0 aromatic rings. The van der Waals surface area contributed by atoms with Gasteiger partial charge in [0.25, 0.3) is 0 Å². The van der Waals surface area contributed by atoms with Crippen LogP contribution in [0.25, 0.3) is 0 Å². The summed E-state index contributed by atoms with van der Waals surface area (Å²) in [5, 5.41) is 0. The van der Waals surface area contributed by atoms with Crippen LogP contribution in [0.5, 0.6) is 0 Å². The zero-order valence-corrected chi connectivity index (χ0v) is 23.9. The van der Waals surface area contributed by atoms with E-state index in [-0.39, 0.29) is 0 Å². The minimum Gasteiger partial charge on any atom is -0.233 e. The third-order valence-electron chi connectivity index (χ3n) is 8.96. The molecular formula is C24H56N6S. The highest BCUT2D eigenvalue weighted by Gasteiger charge is 2.82. The molecule has 2 rings (SSSR count). The fourth-order valence-electron chi connectivity index (χ4n) is 8.52. The van der Waals surface area contributed by atoms with Gasteiger partial charge in [-0.15, -0.1) is 0 Å². The molecule has 2 heterocycles. The summed E-state index contributed by atoms with van der Waals surface area (Å²) >= 11 is 0. The molecule has 2 aliphatic heterocycles. The first-order chi connectivity index (χ1) is 14.5. The van der Waals surface area contributed by atoms with Gasteiger partial charge in [0.2, 0.25) is 0 Å². The first-order valence-electron chi connectivity index (χ1n) is 13.1. The van der Waals surface area contributed by atoms with Crippen LogP contribution in [0.1, 0.15) is 82.1 Å². The lowest BCUT2D eigenvalue weighted by Crippen LogP contribution is -2.92. The Morgan fingerprint density at radius 2 is 0.774 bits per heavy atom. The number of rotatable bonds is 8. The third kappa shape index (κ3) is 2.58. The molecule has 0 saturated carbocycles. The average Bonchev–Trinajstić information content (AvgIpc) is 2.72. The predicted molar refractivity (Wildman–Crippen MR) is 141 cm³/mol. The molecule has 4 atom stereocenters. The Balaban J connectivity index is 3.38. The van der Waals surface area contributed by atoms with E-state index in [1.807, 2.05) is 0 Å². The number of nitrogens with zero attached hydrogens (tertiary/aromatic N) is 6. The minimum atomic E-state index is -3.67. The highest BCUT2D eigenvalue weighted by Crippen LogP contribution is 3.01. The van der Waals surface area contributed by atoms with Crippen LogP contribution in [0.15, 0.2) is 0 Å². The molecule has 6 nitrogen and oxygen atoms in total. The van der Waals surface area contributed by atoms with Crippen LogP contribution in [0.4, 0.5) is 0 Å². The van der Waals surface area contributed by atoms with E-state index >= 15 is 0 Å². The van der Waals surface area contributed by atoms with Crippen molar-refractivity contribution in [2.75, 3.05) is 53.4 Å². The molecule has 0 aromatic carbocycles. The van der Waals surface area contributed by atoms with Gasteiger partial charge in [-0.2, -0.15) is 0 Å². The summed E-state index contributed by atoms with van der Waals surface area (Å²) in [4.78, 5) is 0. The Kier molecular flexibility index (Phi) is 7.98. The van der Waals surface area contributed by atoms with Gasteiger partial charge in [-0.05, 0) is 64.0 Å². The Morgan fingerprint density at radius 1 is 0.548 bits per heavy atom. The van der Waals surface area contributed by atoms with Gasteiger partial charge in [0.1, 0.15) is 0 Å². The van der Waals surface area contributed by atoms with Gasteiger partial charge in [0.15, 0.2) is 0 Å². The van der Waals surface area contributed by atoms with E-state index in [0.717, 1.165) is 39.3 Å². The second-order valence-corrected chi connectivity index (χ2v) is 15.5. The van der Waals surface area contributed by atoms with E-state index < -0.39 is 9.41 Å². The van der Waals surface area contributed by atoms with E-state index in [2.05, 4.69) is 109 Å². The molecule has 0 aromatic heterocycles. The summed E-state index contributed by atoms with van der Waals surface area (Å²) in [6, 6.07) is 2.03. The van der Waals surface area contributed by atoms with Crippen LogP contribution in [-0.2, 0) is 0 Å². The van der Waals surface area contributed by atoms with Crippen molar-refractivity contribution >= 4 is 9.41 Å². The van der Waals surface area contributed by atoms with Crippen molar-refractivity contribution in [3.63, 3.8) is 0 Å². The molecule has 0 amide bonds. The topological polar surface area (TPSA) is 19.4 Å². The molecule has 7 heteroatoms. The lowest BCUT2D eigenvalue weighted by atomic mass is 10.1. The van der Waals surface area contributed by atoms with E-state index in [1.165, 1.54) is 12.8 Å². The summed E-state index contributed by atoms with van der Waals surface area (Å²) in [6.07, 6.45) is 2.43. The molecule has 2 aliphatic rings. The lowest BCUT2D eigenvalue weighted by molar-refractivity contribution is 0.0273. The summed E-state index contributed by atoms with van der Waals surface area (Å²) in [6.45, 7) is 30.6. The summed E-state index contributed by atoms with van der Waals surface area (Å²) in [7, 11) is 1.22. The Hall–Kier alpha value is 0.110. The number of hydrogen-bond donors (Lipinski definition) is 0. The molecule has 0 bridgehead atoms. The third-order valence-corrected chi connectivity index (χ3v) is 18.9. The highest BCUT2D eigenvalue weighted by molar-refractivity contribution is 8.54. The van der Waals surface area contributed by atoms with Crippen molar-refractivity contribution in [1.29, 1.82) is 0 Å². The van der Waals surface area contributed by atoms with Gasteiger partial charge >= 0.3 is 0 Å². The normalized spacial score (nSPS) is 37.0. The zero-order valence-electron chi connectivity index (χ0n) is 23.1. The average molecular weight is 461 g/mol. The van der Waals surface area contributed by atoms with Gasteiger partial charge < -0.3 is 0 Å². The largest absolute Gasteiger partial charge is 0.233 e. The molecule has 2 fully saturated rings. The van der Waals surface area contributed by atoms with Crippen molar-refractivity contribution in [3.05, 3.63) is 0 Å². The van der Waals surface area contributed by atoms with Crippen LogP contribution in [0.2, 0.25) is 0 Å². The molecule has 0 aliphatic carbocycles. The summed E-state index contributed by atoms with van der Waals surface area (Å²) in [5.41, 5.74) is 0. The van der Waals surface area contributed by atoms with Crippen LogP contribution in [0.3, 0.4) is 0 Å². The maximum absolute atomic E-state index is 3.67. The van der Waals surface area contributed by atoms with Crippen LogP contribution >= 0.6 is 9.41 Å². The van der Waals surface area contributed by atoms with E-state index in [1.54, 1.807) is 0 Å². The Morgan fingerprint density at radius 3 is 0.935 bits per heavy atom. The van der Waals surface area contributed by atoms with Crippen molar-refractivity contribution in [3.8, 4) is 0 Å². The Bertz CT molecular complexity index is 530. The molecule has 188 valence electrons. The van der Waals surface area contributed by atoms with Crippen molar-refractivity contribution in [2.24, 2.45) is 0 Å². The molecule has 0 unspecified atom stereocenters. The standard InChI is InChI=1S/C24H56N6S/c1-13-25(11)31(26(12)14-2,27(15-3)21(7)19-22(8)28(31)16-4)29(17-5)23(9)20-24(10)30(31)18-6/h21-24H,13-20H2,1-12H3/t21-,22+,23-,24+. The maximum atomic E-state index is 3.00. The van der Waals surface area contributed by atoms with Gasteiger partial charge in [-0.25, -0.2) is 25.8 Å². The fraction of sp³-hybridized carbons (Fsp3) is 1.00. The van der Waals surface area contributed by atoms with Gasteiger partial charge in [0.05, 0.1) is 0 Å². The zero-order chi connectivity index (χ0) is 23.8. The van der Waals surface area contributed by atoms with Gasteiger partial charge in [-0.3, -0.25) is 0 Å². The van der Waals surface area contributed by atoms with E-state index in [0.29, 0.717) is 24.2 Å². The van der Waals surface area contributed by atoms with Crippen molar-refractivity contribution in [2.45, 2.75) is 106 Å². The smallest absolute Gasteiger partial charge is 0.0214 e. The van der Waals surface area contributed by atoms with Crippen LogP contribution < -0.4 is 0 Å². The van der Waals surface area contributed by atoms with E-state index in [9.17, 15) is 0 Å². The van der Waals surface area contributed by atoms with E-state index in [4.69, 9.17) is 0 Å². The predicted octanol–water partition coefficient (Wildman–Crippen LogP) is 4.90. The van der Waals surface area contributed by atoms with Gasteiger partial charge in [0, 0.05) is 63.4 Å². The first kappa shape index (κ1) is 27.4. The monoisotopic (exact) mass is 460 g/mol. The molecule has 0 N–H and O–H groups in total. The molecular weight excluding hydrogens is 404 g/mol.